The van der Waals surface area contributed by atoms with Gasteiger partial charge in [-0.15, -0.1) is 0 Å². The predicted octanol–water partition coefficient (Wildman–Crippen LogP) is 4.24. The van der Waals surface area contributed by atoms with Crippen molar-refractivity contribution < 1.29 is 14.1 Å². The Morgan fingerprint density at radius 1 is 1.00 bits per heavy atom. The molecule has 2 unspecified atom stereocenters. The van der Waals surface area contributed by atoms with E-state index in [-0.39, 0.29) is 6.42 Å². The first-order chi connectivity index (χ1) is 17.1. The lowest BCUT2D eigenvalue weighted by Crippen LogP contribution is -2.26. The summed E-state index contributed by atoms with van der Waals surface area (Å²) in [6, 6.07) is 24.4. The van der Waals surface area contributed by atoms with Gasteiger partial charge >= 0.3 is 5.97 Å². The van der Waals surface area contributed by atoms with Crippen molar-refractivity contribution in [2.45, 2.75) is 30.3 Å². The smallest absolute Gasteiger partial charge is 0.305 e. The number of carboxylic acid groups (broad SMARTS) is 1. The van der Waals surface area contributed by atoms with Crippen LogP contribution < -0.4 is 10.0 Å². The maximum Gasteiger partial charge on any atom is 0.305 e. The molecule has 0 saturated carbocycles. The molecule has 7 nitrogen and oxygen atoms in total. The molecule has 0 saturated heterocycles. The number of imidazole rings is 1. The van der Waals surface area contributed by atoms with Crippen molar-refractivity contribution >= 4 is 17.0 Å². The molecule has 4 rings (SSSR count). The van der Waals surface area contributed by atoms with Crippen LogP contribution in [0.4, 0.5) is 0 Å². The Labute approximate surface area is 207 Å². The third kappa shape index (κ3) is 7.19. The number of H-pyrrole nitrogens is 1. The topological polar surface area (TPSA) is 107 Å². The lowest BCUT2D eigenvalue weighted by Gasteiger charge is -2.17. The van der Waals surface area contributed by atoms with Gasteiger partial charge in [-0.25, -0.2) is 13.9 Å². The van der Waals surface area contributed by atoms with Crippen molar-refractivity contribution in [2.24, 2.45) is 0 Å². The summed E-state index contributed by atoms with van der Waals surface area (Å²) in [5.74, 6) is -0.951. The molecule has 4 N–H and O–H groups in total. The zero-order valence-corrected chi connectivity index (χ0v) is 20.0. The number of carboxylic acids is 1. The number of nitrogens with zero attached hydrogens (tertiary/aromatic N) is 1. The largest absolute Gasteiger partial charge is 0.481 e. The van der Waals surface area contributed by atoms with E-state index in [1.807, 2.05) is 54.7 Å². The van der Waals surface area contributed by atoms with Crippen LogP contribution >= 0.6 is 0 Å². The third-order valence-corrected chi connectivity index (χ3v) is 6.80. The zero-order chi connectivity index (χ0) is 24.5. The van der Waals surface area contributed by atoms with Crippen LogP contribution in [0.25, 0.3) is 11.1 Å². The quantitative estimate of drug-likeness (QED) is 0.223. The number of benzene rings is 3. The first-order valence-electron chi connectivity index (χ1n) is 11.4. The zero-order valence-electron chi connectivity index (χ0n) is 19.2. The Morgan fingerprint density at radius 2 is 1.80 bits per heavy atom. The number of aliphatic carboxylic acids is 1. The first kappa shape index (κ1) is 24.5. The summed E-state index contributed by atoms with van der Waals surface area (Å²) in [5.41, 5.74) is 5.05. The third-order valence-electron chi connectivity index (χ3n) is 5.62. The minimum absolute atomic E-state index is 0.160. The Bertz CT molecular complexity index is 1250. The number of aromatic amines is 1. The summed E-state index contributed by atoms with van der Waals surface area (Å²) in [6.45, 7) is 1.63. The highest BCUT2D eigenvalue weighted by Gasteiger charge is 2.18. The van der Waals surface area contributed by atoms with Gasteiger partial charge in [0.05, 0.1) is 23.7 Å². The molecule has 35 heavy (non-hydrogen) atoms. The van der Waals surface area contributed by atoms with Crippen molar-refractivity contribution in [3.63, 3.8) is 0 Å². The lowest BCUT2D eigenvalue weighted by atomic mass is 10.0. The number of hydrogen-bond acceptors (Lipinski definition) is 4. The lowest BCUT2D eigenvalue weighted by molar-refractivity contribution is -0.137. The van der Waals surface area contributed by atoms with E-state index in [1.165, 1.54) is 5.56 Å². The Kier molecular flexibility index (Phi) is 8.56. The Hall–Kier alpha value is -3.59. The van der Waals surface area contributed by atoms with Crippen molar-refractivity contribution in [2.75, 3.05) is 6.54 Å². The standard InChI is InChI=1S/C27H28N4O3S/c32-27(33)16-26(22-5-2-1-3-6-22)31-35(34)25-8-4-7-23(15-25)21-11-9-20(10-12-21)17-28-14-13-24-18-29-19-30-24/h1-12,15,18-19,26,28,31H,13-14,16-17H2,(H,29,30)(H,32,33). The van der Waals surface area contributed by atoms with E-state index < -0.39 is 23.0 Å². The van der Waals surface area contributed by atoms with Crippen molar-refractivity contribution in [3.8, 4) is 11.1 Å². The molecule has 0 fully saturated rings. The molecule has 0 amide bonds. The van der Waals surface area contributed by atoms with E-state index in [4.69, 9.17) is 0 Å². The summed E-state index contributed by atoms with van der Waals surface area (Å²) >= 11 is 0. The van der Waals surface area contributed by atoms with Crippen LogP contribution in [0.1, 0.15) is 29.3 Å². The van der Waals surface area contributed by atoms with E-state index >= 15 is 0 Å². The fraction of sp³-hybridized carbons (Fsp3) is 0.185. The molecule has 8 heteroatoms. The van der Waals surface area contributed by atoms with Crippen LogP contribution in [0.2, 0.25) is 0 Å². The highest BCUT2D eigenvalue weighted by molar-refractivity contribution is 7.83. The molecule has 2 atom stereocenters. The maximum absolute atomic E-state index is 13.1. The highest BCUT2D eigenvalue weighted by Crippen LogP contribution is 2.24. The number of hydrogen-bond donors (Lipinski definition) is 4. The average Bonchev–Trinajstić information content (AvgIpc) is 3.41. The summed E-state index contributed by atoms with van der Waals surface area (Å²) in [6.07, 6.45) is 4.26. The van der Waals surface area contributed by atoms with Crippen LogP contribution in [-0.4, -0.2) is 31.8 Å². The first-order valence-corrected chi connectivity index (χ1v) is 12.6. The van der Waals surface area contributed by atoms with Gasteiger partial charge in [-0.05, 0) is 34.4 Å². The molecular formula is C27H28N4O3S. The normalized spacial score (nSPS) is 12.8. The molecular weight excluding hydrogens is 460 g/mol. The molecule has 1 heterocycles. The summed E-state index contributed by atoms with van der Waals surface area (Å²) in [4.78, 5) is 19.1. The van der Waals surface area contributed by atoms with Crippen LogP contribution in [0, 0.1) is 0 Å². The van der Waals surface area contributed by atoms with Gasteiger partial charge in [0.25, 0.3) is 0 Å². The molecule has 4 aromatic rings. The fourth-order valence-corrected chi connectivity index (χ4v) is 4.82. The second-order valence-corrected chi connectivity index (χ2v) is 9.42. The molecule has 0 aliphatic carbocycles. The van der Waals surface area contributed by atoms with Crippen LogP contribution in [0.3, 0.4) is 0 Å². The van der Waals surface area contributed by atoms with E-state index in [9.17, 15) is 14.1 Å². The minimum atomic E-state index is -1.57. The molecule has 3 aromatic carbocycles. The van der Waals surface area contributed by atoms with E-state index in [1.54, 1.807) is 12.4 Å². The van der Waals surface area contributed by atoms with Gasteiger partial charge in [-0.3, -0.25) is 4.79 Å². The summed E-state index contributed by atoms with van der Waals surface area (Å²) < 4.78 is 16.1. The minimum Gasteiger partial charge on any atom is -0.481 e. The van der Waals surface area contributed by atoms with Gasteiger partial charge in [0.1, 0.15) is 11.0 Å². The number of nitrogens with one attached hydrogen (secondary N) is 3. The molecule has 1 aromatic heterocycles. The number of rotatable bonds is 12. The second-order valence-electron chi connectivity index (χ2n) is 8.18. The van der Waals surface area contributed by atoms with Gasteiger partial charge < -0.3 is 15.4 Å². The second kappa shape index (κ2) is 12.2. The van der Waals surface area contributed by atoms with E-state index in [0.717, 1.165) is 41.9 Å². The summed E-state index contributed by atoms with van der Waals surface area (Å²) in [5, 5.41) is 12.7. The molecule has 0 spiro atoms. The molecule has 0 aliphatic heterocycles. The van der Waals surface area contributed by atoms with Gasteiger partial charge in [0.2, 0.25) is 0 Å². The molecule has 0 bridgehead atoms. The van der Waals surface area contributed by atoms with Gasteiger partial charge in [0.15, 0.2) is 0 Å². The van der Waals surface area contributed by atoms with Crippen molar-refractivity contribution in [1.29, 1.82) is 0 Å². The maximum atomic E-state index is 13.1. The highest BCUT2D eigenvalue weighted by atomic mass is 32.2. The predicted molar refractivity (Wildman–Crippen MR) is 137 cm³/mol. The van der Waals surface area contributed by atoms with Crippen molar-refractivity contribution in [3.05, 3.63) is 108 Å². The summed E-state index contributed by atoms with van der Waals surface area (Å²) in [7, 11) is -1.57. The Morgan fingerprint density at radius 3 is 2.51 bits per heavy atom. The van der Waals surface area contributed by atoms with Gasteiger partial charge in [0, 0.05) is 31.4 Å². The molecule has 0 aliphatic rings. The van der Waals surface area contributed by atoms with Crippen LogP contribution in [0.15, 0.2) is 96.3 Å². The van der Waals surface area contributed by atoms with Crippen LogP contribution in [-0.2, 0) is 28.7 Å². The van der Waals surface area contributed by atoms with Crippen LogP contribution in [0.5, 0.6) is 0 Å². The number of aromatic nitrogens is 2. The Balaban J connectivity index is 1.38. The number of carbonyl (C=O) groups is 1. The van der Waals surface area contributed by atoms with Gasteiger partial charge in [-0.1, -0.05) is 66.7 Å². The van der Waals surface area contributed by atoms with E-state index in [0.29, 0.717) is 4.90 Å². The monoisotopic (exact) mass is 488 g/mol. The SMILES string of the molecule is O=C(O)CC(NS(=O)c1cccc(-c2ccc(CNCCc3cnc[nH]3)cc2)c1)c1ccccc1. The van der Waals surface area contributed by atoms with Crippen molar-refractivity contribution in [1.82, 2.24) is 20.0 Å². The van der Waals surface area contributed by atoms with Gasteiger partial charge in [-0.2, -0.15) is 0 Å². The fourth-order valence-electron chi connectivity index (χ4n) is 3.77. The van der Waals surface area contributed by atoms with E-state index in [2.05, 4.69) is 44.3 Å². The molecule has 0 radical (unpaired) electrons. The molecule has 180 valence electrons. The average molecular weight is 489 g/mol.